The van der Waals surface area contributed by atoms with Crippen LogP contribution in [0, 0.1) is 6.92 Å². The molecule has 12 heteroatoms. The van der Waals surface area contributed by atoms with E-state index in [1.165, 1.54) is 0 Å². The largest absolute Gasteiger partial charge is 0.481 e. The molecule has 1 aromatic carbocycles. The highest BCUT2D eigenvalue weighted by atomic mass is 16.6. The minimum atomic E-state index is -1.09. The third-order valence-corrected chi connectivity index (χ3v) is 4.86. The number of nitrogen functional groups attached to an aromatic ring is 1. The first-order valence-electron chi connectivity index (χ1n) is 11.3. The first-order valence-corrected chi connectivity index (χ1v) is 11.3. The van der Waals surface area contributed by atoms with E-state index in [-0.39, 0.29) is 18.7 Å². The number of aliphatic carboxylic acids is 1. The monoisotopic (exact) mass is 495 g/mol. The summed E-state index contributed by atoms with van der Waals surface area (Å²) in [6.45, 7) is 7.15. The zero-order chi connectivity index (χ0) is 26.5. The molecule has 1 amide bonds. The third kappa shape index (κ3) is 7.32. The van der Waals surface area contributed by atoms with Crippen molar-refractivity contribution in [3.8, 4) is 0 Å². The van der Waals surface area contributed by atoms with E-state index in [4.69, 9.17) is 15.6 Å². The minimum absolute atomic E-state index is 0.0858. The minimum Gasteiger partial charge on any atom is -0.481 e. The molecule has 0 aliphatic heterocycles. The number of benzene rings is 1. The van der Waals surface area contributed by atoms with Crippen LogP contribution in [-0.2, 0) is 20.9 Å². The van der Waals surface area contributed by atoms with Gasteiger partial charge in [0.25, 0.3) is 5.91 Å². The van der Waals surface area contributed by atoms with Gasteiger partial charge in [0, 0.05) is 17.7 Å². The molecule has 0 fully saturated rings. The number of carbonyl (C=O) groups excluding carboxylic acids is 2. The molecule has 1 atom stereocenters. The third-order valence-electron chi connectivity index (χ3n) is 4.86. The average Bonchev–Trinajstić information content (AvgIpc) is 2.79. The molecule has 0 spiro atoms. The Hall–Kier alpha value is -4.35. The molecule has 2 aromatic heterocycles. The van der Waals surface area contributed by atoms with Gasteiger partial charge in [-0.3, -0.25) is 9.59 Å². The second-order valence-electron chi connectivity index (χ2n) is 9.11. The van der Waals surface area contributed by atoms with Crippen molar-refractivity contribution < 1.29 is 24.2 Å². The fourth-order valence-electron chi connectivity index (χ4n) is 3.23. The molecule has 2 heterocycles. The van der Waals surface area contributed by atoms with E-state index >= 15 is 0 Å². The predicted molar refractivity (Wildman–Crippen MR) is 132 cm³/mol. The van der Waals surface area contributed by atoms with Crippen LogP contribution in [0.25, 0.3) is 11.2 Å². The van der Waals surface area contributed by atoms with Gasteiger partial charge >= 0.3 is 11.9 Å². The maximum absolute atomic E-state index is 12.7. The van der Waals surface area contributed by atoms with Crippen molar-refractivity contribution in [3.63, 3.8) is 0 Å². The lowest BCUT2D eigenvalue weighted by Gasteiger charge is -2.24. The smallest absolute Gasteiger partial charge is 0.329 e. The van der Waals surface area contributed by atoms with Crippen molar-refractivity contribution in [2.75, 3.05) is 11.1 Å². The van der Waals surface area contributed by atoms with Gasteiger partial charge in [-0.05, 0) is 58.4 Å². The second kappa shape index (κ2) is 10.9. The zero-order valence-corrected chi connectivity index (χ0v) is 20.5. The first-order chi connectivity index (χ1) is 16.9. The number of ether oxygens (including phenoxy) is 1. The number of carbonyl (C=O) groups is 3. The fourth-order valence-corrected chi connectivity index (χ4v) is 3.23. The summed E-state index contributed by atoms with van der Waals surface area (Å²) in [6, 6.07) is 5.48. The van der Waals surface area contributed by atoms with Gasteiger partial charge in [0.05, 0.1) is 18.4 Å². The number of nitrogens with one attached hydrogen (secondary N) is 2. The van der Waals surface area contributed by atoms with Crippen molar-refractivity contribution in [2.24, 2.45) is 0 Å². The Bertz CT molecular complexity index is 1270. The number of carboxylic acids is 1. The summed E-state index contributed by atoms with van der Waals surface area (Å²) in [5, 5.41) is 14.7. The van der Waals surface area contributed by atoms with Gasteiger partial charge in [-0.1, -0.05) is 0 Å². The molecule has 3 rings (SSSR count). The highest BCUT2D eigenvalue weighted by molar-refractivity contribution is 5.97. The van der Waals surface area contributed by atoms with Crippen LogP contribution in [0.1, 0.15) is 55.5 Å². The van der Waals surface area contributed by atoms with Crippen LogP contribution in [0.3, 0.4) is 0 Å². The van der Waals surface area contributed by atoms with Crippen LogP contribution in [0.4, 0.5) is 11.5 Å². The Balaban J connectivity index is 1.64. The molecule has 0 aliphatic rings. The molecule has 0 aliphatic carbocycles. The molecule has 0 saturated heterocycles. The Morgan fingerprint density at radius 2 is 1.81 bits per heavy atom. The van der Waals surface area contributed by atoms with Crippen molar-refractivity contribution in [3.05, 3.63) is 47.5 Å². The molecule has 12 nitrogen and oxygen atoms in total. The molecule has 0 unspecified atom stereocenters. The van der Waals surface area contributed by atoms with Gasteiger partial charge in [0.15, 0.2) is 17.0 Å². The van der Waals surface area contributed by atoms with Crippen LogP contribution in [0.2, 0.25) is 0 Å². The summed E-state index contributed by atoms with van der Waals surface area (Å²) >= 11 is 0. The van der Waals surface area contributed by atoms with Crippen LogP contribution >= 0.6 is 0 Å². The van der Waals surface area contributed by atoms with E-state index in [2.05, 4.69) is 30.6 Å². The molecule has 190 valence electrons. The molecule has 36 heavy (non-hydrogen) atoms. The summed E-state index contributed by atoms with van der Waals surface area (Å²) in [7, 11) is 0. The van der Waals surface area contributed by atoms with Crippen LogP contribution in [0.5, 0.6) is 0 Å². The van der Waals surface area contributed by atoms with Crippen LogP contribution in [0.15, 0.2) is 30.5 Å². The van der Waals surface area contributed by atoms with Gasteiger partial charge < -0.3 is 26.2 Å². The lowest BCUT2D eigenvalue weighted by Crippen LogP contribution is -2.44. The van der Waals surface area contributed by atoms with Crippen molar-refractivity contribution in [1.29, 1.82) is 0 Å². The van der Waals surface area contributed by atoms with Crippen molar-refractivity contribution >= 4 is 40.5 Å². The van der Waals surface area contributed by atoms with E-state index in [1.54, 1.807) is 58.2 Å². The zero-order valence-electron chi connectivity index (χ0n) is 20.5. The molecular formula is C24H29N7O5. The quantitative estimate of drug-likeness (QED) is 0.319. The fraction of sp³-hybridized carbons (Fsp3) is 0.375. The molecule has 3 aromatic rings. The number of hydrogen-bond acceptors (Lipinski definition) is 10. The van der Waals surface area contributed by atoms with Crippen molar-refractivity contribution in [2.45, 2.75) is 58.7 Å². The van der Waals surface area contributed by atoms with Crippen LogP contribution < -0.4 is 16.4 Å². The summed E-state index contributed by atoms with van der Waals surface area (Å²) in [4.78, 5) is 53.2. The number of anilines is 2. The number of aromatic nitrogens is 4. The Morgan fingerprint density at radius 3 is 2.44 bits per heavy atom. The normalized spacial score (nSPS) is 12.1. The Labute approximate surface area is 207 Å². The lowest BCUT2D eigenvalue weighted by molar-refractivity contribution is -0.157. The Morgan fingerprint density at radius 1 is 1.11 bits per heavy atom. The molecule has 5 N–H and O–H groups in total. The SMILES string of the molecule is Cc1nc(N)c2nc(CNc3ccc(C(=O)N[C@@H](CCC(=O)O)C(=O)OC(C)(C)C)cc3)cnc2n1. The molecule has 0 saturated carbocycles. The van der Waals surface area contributed by atoms with E-state index in [1.807, 2.05) is 0 Å². The average molecular weight is 496 g/mol. The summed E-state index contributed by atoms with van der Waals surface area (Å²) in [6.07, 6.45) is 1.22. The molecular weight excluding hydrogens is 466 g/mol. The van der Waals surface area contributed by atoms with E-state index in [9.17, 15) is 14.4 Å². The second-order valence-corrected chi connectivity index (χ2v) is 9.11. The highest BCUT2D eigenvalue weighted by Gasteiger charge is 2.27. The van der Waals surface area contributed by atoms with Crippen molar-refractivity contribution in [1.82, 2.24) is 25.3 Å². The Kier molecular flexibility index (Phi) is 7.97. The number of carboxylic acid groups (broad SMARTS) is 1. The summed E-state index contributed by atoms with van der Waals surface area (Å²) < 4.78 is 5.32. The van der Waals surface area contributed by atoms with Gasteiger partial charge in [0.2, 0.25) is 0 Å². The van der Waals surface area contributed by atoms with Gasteiger partial charge in [-0.15, -0.1) is 0 Å². The maximum atomic E-state index is 12.7. The summed E-state index contributed by atoms with van der Waals surface area (Å²) in [5.41, 5.74) is 7.65. The standard InChI is InChI=1S/C24H29N7O5/c1-13-28-20(25)19-21(29-13)27-12-16(30-19)11-26-15-7-5-14(6-8-15)22(34)31-17(9-10-18(32)33)23(35)36-24(2,3)4/h5-8,12,17,26H,9-11H2,1-4H3,(H,31,34)(H,32,33)(H2,25,27,28,29)/t17-/m0/s1. The maximum Gasteiger partial charge on any atom is 0.329 e. The number of rotatable bonds is 9. The summed E-state index contributed by atoms with van der Waals surface area (Å²) in [5.74, 6) is -1.50. The number of amides is 1. The highest BCUT2D eigenvalue weighted by Crippen LogP contribution is 2.16. The van der Waals surface area contributed by atoms with Gasteiger partial charge in [-0.2, -0.15) is 0 Å². The number of fused-ring (bicyclic) bond motifs is 1. The van der Waals surface area contributed by atoms with Crippen LogP contribution in [-0.4, -0.2) is 54.5 Å². The number of aryl methyl sites for hydroxylation is 1. The topological polar surface area (TPSA) is 182 Å². The van der Waals surface area contributed by atoms with Gasteiger partial charge in [0.1, 0.15) is 17.5 Å². The molecule has 0 radical (unpaired) electrons. The van der Waals surface area contributed by atoms with E-state index < -0.39 is 29.5 Å². The number of nitrogens with zero attached hydrogens (tertiary/aromatic N) is 4. The van der Waals surface area contributed by atoms with E-state index in [0.29, 0.717) is 34.8 Å². The number of esters is 1. The number of nitrogens with two attached hydrogens (primary N) is 1. The van der Waals surface area contributed by atoms with E-state index in [0.717, 1.165) is 5.69 Å². The first kappa shape index (κ1) is 26.3. The lowest BCUT2D eigenvalue weighted by atomic mass is 10.1. The number of hydrogen-bond donors (Lipinski definition) is 4. The molecule has 0 bridgehead atoms. The van der Waals surface area contributed by atoms with Gasteiger partial charge in [-0.25, -0.2) is 24.7 Å². The predicted octanol–water partition coefficient (Wildman–Crippen LogP) is 2.23.